The summed E-state index contributed by atoms with van der Waals surface area (Å²) >= 11 is 0. The third-order valence-electron chi connectivity index (χ3n) is 0. The van der Waals surface area contributed by atoms with Crippen LogP contribution in [0.4, 0.5) is 0 Å². The first kappa shape index (κ1) is 70.1. The average molecular weight is 128 g/mol. The van der Waals surface area contributed by atoms with Gasteiger partial charge in [-0.3, -0.25) is 0 Å². The van der Waals surface area contributed by atoms with Gasteiger partial charge in [0.2, 0.25) is 0 Å². The molecule has 0 saturated heterocycles. The highest BCUT2D eigenvalue weighted by Gasteiger charge is 1.18. The van der Waals surface area contributed by atoms with Crippen molar-refractivity contribution in [2.24, 2.45) is 5.34 Å². The zero-order valence-corrected chi connectivity index (χ0v) is 4.53. The maximum atomic E-state index is 8.11. The molecular weight excluding hydrogens is 121 g/mol. The van der Waals surface area contributed by atoms with E-state index in [4.69, 9.17) is 10.1 Å². The van der Waals surface area contributed by atoms with Crippen molar-refractivity contribution in [2.45, 2.75) is 0 Å². The summed E-state index contributed by atoms with van der Waals surface area (Å²) in [5, 5.41) is 7.89. The van der Waals surface area contributed by atoms with Crippen LogP contribution >= 0.6 is 0 Å². The van der Waals surface area contributed by atoms with Crippen molar-refractivity contribution in [3.05, 3.63) is 4.91 Å². The van der Waals surface area contributed by atoms with Gasteiger partial charge in [0.15, 0.2) is 5.34 Å². The molecule has 0 aliphatic rings. The van der Waals surface area contributed by atoms with E-state index in [9.17, 15) is 0 Å². The Morgan fingerprint density at radius 1 is 1.14 bits per heavy atom. The molecule has 45 valence electrons. The monoisotopic (exact) mass is 128 g/mol. The van der Waals surface area contributed by atoms with Crippen molar-refractivity contribution in [3.63, 3.8) is 0 Å². The second-order valence-electron chi connectivity index (χ2n) is 0.0816. The Balaban J connectivity index is -0.00000000333. The van der Waals surface area contributed by atoms with Crippen molar-refractivity contribution >= 4 is 17.4 Å². The summed E-state index contributed by atoms with van der Waals surface area (Å²) in [5.41, 5.74) is 0. The molecule has 7 heavy (non-hydrogen) atoms. The van der Waals surface area contributed by atoms with Crippen LogP contribution in [0, 0.1) is 4.91 Å². The Morgan fingerprint density at radius 2 is 1.14 bits per heavy atom. The standard InChI is InChI=1S/Al.HNO2.3H2O/c;2-1-3;;;/h;(H,2,3);3*1H2. The van der Waals surface area contributed by atoms with Gasteiger partial charge in [-0.15, -0.1) is 4.91 Å². The van der Waals surface area contributed by atoms with Gasteiger partial charge in [-0.05, 0) is 0 Å². The van der Waals surface area contributed by atoms with E-state index in [0.717, 1.165) is 0 Å². The summed E-state index contributed by atoms with van der Waals surface area (Å²) in [6, 6.07) is 0. The van der Waals surface area contributed by atoms with Gasteiger partial charge in [0.05, 0.1) is 0 Å². The number of hydrogen-bond acceptors (Lipinski definition) is 2. The quantitative estimate of drug-likeness (QED) is 0.215. The zero-order valence-electron chi connectivity index (χ0n) is 3.38. The molecule has 0 saturated carbocycles. The number of nitrogens with zero attached hydrogens (tertiary/aromatic N) is 1. The van der Waals surface area contributed by atoms with Gasteiger partial charge in [0.25, 0.3) is 0 Å². The second-order valence-corrected chi connectivity index (χ2v) is 0.0816. The van der Waals surface area contributed by atoms with Gasteiger partial charge < -0.3 is 21.6 Å². The predicted molar refractivity (Wildman–Crippen MR) is 24.2 cm³/mol. The second kappa shape index (κ2) is 204. The minimum atomic E-state index is 0. The molecule has 0 aliphatic carbocycles. The molecule has 0 aromatic rings. The summed E-state index contributed by atoms with van der Waals surface area (Å²) < 4.78 is 0. The SMILES string of the molecule is O.O.O.O=NO.[Al]. The van der Waals surface area contributed by atoms with Gasteiger partial charge in [-0.25, -0.2) is 0 Å². The summed E-state index contributed by atoms with van der Waals surface area (Å²) in [6.07, 6.45) is 0. The summed E-state index contributed by atoms with van der Waals surface area (Å²) in [7, 11) is 0. The van der Waals surface area contributed by atoms with Crippen LogP contribution in [0.1, 0.15) is 0 Å². The lowest BCUT2D eigenvalue weighted by Crippen LogP contribution is -1.25. The van der Waals surface area contributed by atoms with Crippen molar-refractivity contribution < 1.29 is 21.6 Å². The molecule has 0 atom stereocenters. The van der Waals surface area contributed by atoms with Crippen LogP contribution < -0.4 is 0 Å². The van der Waals surface area contributed by atoms with Gasteiger partial charge >= 0.3 is 0 Å². The van der Waals surface area contributed by atoms with Crippen molar-refractivity contribution in [3.8, 4) is 0 Å². The molecular formula is H7AlNO5. The normalized spacial score (nSPS) is 1.71. The number of hydrogen-bond donors (Lipinski definition) is 1. The topological polar surface area (TPSA) is 144 Å². The van der Waals surface area contributed by atoms with Crippen molar-refractivity contribution in [1.29, 1.82) is 0 Å². The average Bonchev–Trinajstić information content (AvgIpc) is 0.918. The van der Waals surface area contributed by atoms with Gasteiger partial charge in [0.1, 0.15) is 0 Å². The van der Waals surface area contributed by atoms with E-state index in [1.807, 2.05) is 0 Å². The molecule has 7 N–H and O–H groups in total. The van der Waals surface area contributed by atoms with Crippen LogP contribution in [0.15, 0.2) is 5.34 Å². The van der Waals surface area contributed by atoms with Crippen molar-refractivity contribution in [1.82, 2.24) is 0 Å². The van der Waals surface area contributed by atoms with Crippen LogP contribution in [0.3, 0.4) is 0 Å². The molecule has 0 spiro atoms. The lowest BCUT2D eigenvalue weighted by Gasteiger charge is -1.32. The lowest BCUT2D eigenvalue weighted by atomic mass is 13.4. The van der Waals surface area contributed by atoms with Crippen molar-refractivity contribution in [2.75, 3.05) is 0 Å². The molecule has 0 aromatic heterocycles. The molecule has 0 bridgehead atoms. The number of rotatable bonds is 0. The fourth-order valence-electron chi connectivity index (χ4n) is 0. The smallest absolute Gasteiger partial charge is 0.152 e. The fourth-order valence-corrected chi connectivity index (χ4v) is 0. The Labute approximate surface area is 50.1 Å². The first-order valence-electron chi connectivity index (χ1n) is 0.383. The van der Waals surface area contributed by atoms with Crippen LogP contribution in [-0.2, 0) is 0 Å². The highest BCUT2D eigenvalue weighted by atomic mass is 27.0. The van der Waals surface area contributed by atoms with E-state index >= 15 is 0 Å². The van der Waals surface area contributed by atoms with Crippen LogP contribution in [0.25, 0.3) is 0 Å². The molecule has 6 nitrogen and oxygen atoms in total. The molecule has 3 radical (unpaired) electrons. The molecule has 0 rings (SSSR count). The Hall–Kier alpha value is -0.188. The first-order chi connectivity index (χ1) is 1.41. The Bertz CT molecular complexity index is 15.6. The van der Waals surface area contributed by atoms with Gasteiger partial charge in [-0.1, -0.05) is 0 Å². The lowest BCUT2D eigenvalue weighted by molar-refractivity contribution is 0.312. The molecule has 7 heteroatoms. The summed E-state index contributed by atoms with van der Waals surface area (Å²) in [4.78, 5) is 8.11. The third kappa shape index (κ3) is 2400. The van der Waals surface area contributed by atoms with E-state index in [0.29, 0.717) is 0 Å². The zero-order chi connectivity index (χ0) is 2.71. The summed E-state index contributed by atoms with van der Waals surface area (Å²) in [5.74, 6) is 0. The molecule has 0 fully saturated rings. The molecule has 0 unspecified atom stereocenters. The fraction of sp³-hybridized carbons (Fsp3) is 0. The summed E-state index contributed by atoms with van der Waals surface area (Å²) in [6.45, 7) is 0. The largest absolute Gasteiger partial charge is 0.412 e. The van der Waals surface area contributed by atoms with E-state index in [2.05, 4.69) is 0 Å². The van der Waals surface area contributed by atoms with Gasteiger partial charge in [-0.2, -0.15) is 0 Å². The predicted octanol–water partition coefficient (Wildman–Crippen LogP) is -2.71. The molecule has 0 amide bonds. The van der Waals surface area contributed by atoms with E-state index < -0.39 is 0 Å². The van der Waals surface area contributed by atoms with E-state index in [1.54, 1.807) is 0 Å². The molecule has 0 aromatic carbocycles. The Morgan fingerprint density at radius 3 is 1.14 bits per heavy atom. The van der Waals surface area contributed by atoms with Gasteiger partial charge in [0, 0.05) is 17.4 Å². The van der Waals surface area contributed by atoms with E-state index in [-0.39, 0.29) is 33.8 Å². The van der Waals surface area contributed by atoms with Crippen LogP contribution in [-0.4, -0.2) is 39.0 Å². The maximum Gasteiger partial charge on any atom is 0.152 e. The highest BCUT2D eigenvalue weighted by Crippen LogP contribution is 1.25. The maximum absolute atomic E-state index is 8.11. The minimum absolute atomic E-state index is 0. The first-order valence-corrected chi connectivity index (χ1v) is 0.383. The third-order valence-corrected chi connectivity index (χ3v) is 0. The van der Waals surface area contributed by atoms with E-state index in [1.165, 1.54) is 5.34 Å². The highest BCUT2D eigenvalue weighted by molar-refractivity contribution is 5.75. The molecule has 0 heterocycles. The minimum Gasteiger partial charge on any atom is -0.412 e. The van der Waals surface area contributed by atoms with Crippen LogP contribution in [0.5, 0.6) is 0 Å². The van der Waals surface area contributed by atoms with Crippen LogP contribution in [0.2, 0.25) is 0 Å². The Kier molecular flexibility index (Phi) is 2040. The molecule has 0 aliphatic heterocycles.